The summed E-state index contributed by atoms with van der Waals surface area (Å²) < 4.78 is 19.0. The van der Waals surface area contributed by atoms with Crippen molar-refractivity contribution in [3.05, 3.63) is 59.9 Å². The second kappa shape index (κ2) is 9.18. The molecule has 26 heavy (non-hydrogen) atoms. The van der Waals surface area contributed by atoms with Crippen molar-refractivity contribution in [2.24, 2.45) is 0 Å². The summed E-state index contributed by atoms with van der Waals surface area (Å²) in [5.41, 5.74) is 0.341. The molecule has 2 amide bonds. The van der Waals surface area contributed by atoms with Crippen LogP contribution < -0.4 is 10.1 Å². The zero-order valence-corrected chi connectivity index (χ0v) is 14.2. The molecule has 7 heteroatoms. The molecule has 0 saturated carbocycles. The molecule has 2 aromatic carbocycles. The van der Waals surface area contributed by atoms with Gasteiger partial charge >= 0.3 is 0 Å². The maximum absolute atomic E-state index is 13.5. The number of rotatable bonds is 7. The Labute approximate surface area is 150 Å². The average Bonchev–Trinajstić information content (AvgIpc) is 2.66. The normalized spacial score (nSPS) is 9.88. The predicted octanol–water partition coefficient (Wildman–Crippen LogP) is 2.83. The van der Waals surface area contributed by atoms with Gasteiger partial charge in [0.1, 0.15) is 11.6 Å². The van der Waals surface area contributed by atoms with E-state index in [0.29, 0.717) is 0 Å². The molecule has 1 N–H and O–H groups in total. The Kier molecular flexibility index (Phi) is 6.68. The fourth-order valence-corrected chi connectivity index (χ4v) is 2.19. The number of benzene rings is 2. The molecular weight excluding hydrogens is 337 g/mol. The highest BCUT2D eigenvalue weighted by atomic mass is 19.1. The van der Waals surface area contributed by atoms with E-state index in [1.165, 1.54) is 23.1 Å². The molecule has 0 aliphatic carbocycles. The zero-order chi connectivity index (χ0) is 18.9. The lowest BCUT2D eigenvalue weighted by Crippen LogP contribution is -2.28. The van der Waals surface area contributed by atoms with Gasteiger partial charge in [0.15, 0.2) is 6.61 Å². The molecule has 0 atom stereocenters. The summed E-state index contributed by atoms with van der Waals surface area (Å²) in [6, 6.07) is 14.3. The van der Waals surface area contributed by atoms with Crippen molar-refractivity contribution < 1.29 is 18.7 Å². The van der Waals surface area contributed by atoms with Crippen molar-refractivity contribution in [1.82, 2.24) is 4.90 Å². The molecule has 0 fully saturated rings. The molecule has 0 saturated heterocycles. The fourth-order valence-electron chi connectivity index (χ4n) is 2.19. The number of nitrogens with zero attached hydrogens (tertiary/aromatic N) is 2. The van der Waals surface area contributed by atoms with Crippen molar-refractivity contribution in [2.75, 3.05) is 25.5 Å². The molecule has 0 spiro atoms. The van der Waals surface area contributed by atoms with Gasteiger partial charge in [0.05, 0.1) is 23.7 Å². The molecule has 2 rings (SSSR count). The summed E-state index contributed by atoms with van der Waals surface area (Å²) in [7, 11) is 1.58. The van der Waals surface area contributed by atoms with Gasteiger partial charge in [0.2, 0.25) is 0 Å². The number of nitrogens with one attached hydrogen (secondary N) is 1. The van der Waals surface area contributed by atoms with Crippen LogP contribution in [0.5, 0.6) is 5.75 Å². The van der Waals surface area contributed by atoms with Crippen LogP contribution in [0.3, 0.4) is 0 Å². The molecule has 0 aromatic heterocycles. The third-order valence-electron chi connectivity index (χ3n) is 3.53. The van der Waals surface area contributed by atoms with E-state index in [9.17, 15) is 14.0 Å². The summed E-state index contributed by atoms with van der Waals surface area (Å²) in [6.45, 7) is -0.0853. The third-order valence-corrected chi connectivity index (χ3v) is 3.53. The number of carbonyl (C=O) groups is 2. The molecule has 2 aromatic rings. The molecular formula is C19H18FN3O3. The average molecular weight is 355 g/mol. The van der Waals surface area contributed by atoms with Gasteiger partial charge in [-0.15, -0.1) is 0 Å². The number of hydrogen-bond donors (Lipinski definition) is 1. The third kappa shape index (κ3) is 5.05. The van der Waals surface area contributed by atoms with Crippen LogP contribution in [0, 0.1) is 17.1 Å². The van der Waals surface area contributed by atoms with Crippen molar-refractivity contribution in [2.45, 2.75) is 6.42 Å². The van der Waals surface area contributed by atoms with E-state index in [2.05, 4.69) is 5.32 Å². The SMILES string of the molecule is CN(CCC#N)C(=O)c1ccccc1OCC(=O)Nc1ccccc1F. The fraction of sp³-hybridized carbons (Fsp3) is 0.211. The first-order valence-corrected chi connectivity index (χ1v) is 7.91. The topological polar surface area (TPSA) is 82.4 Å². The van der Waals surface area contributed by atoms with Crippen molar-refractivity contribution >= 4 is 17.5 Å². The van der Waals surface area contributed by atoms with Crippen molar-refractivity contribution in [3.8, 4) is 11.8 Å². The zero-order valence-electron chi connectivity index (χ0n) is 14.2. The Morgan fingerprint density at radius 1 is 1.19 bits per heavy atom. The molecule has 0 radical (unpaired) electrons. The molecule has 0 heterocycles. The summed E-state index contributed by atoms with van der Waals surface area (Å²) in [4.78, 5) is 25.8. The number of ether oxygens (including phenoxy) is 1. The number of hydrogen-bond acceptors (Lipinski definition) is 4. The first kappa shape index (κ1) is 18.9. The van der Waals surface area contributed by atoms with Gasteiger partial charge in [0.25, 0.3) is 11.8 Å². The number of carbonyl (C=O) groups excluding carboxylic acids is 2. The smallest absolute Gasteiger partial charge is 0.262 e. The van der Waals surface area contributed by atoms with E-state index in [1.54, 1.807) is 37.4 Å². The Hall–Kier alpha value is -3.40. The Morgan fingerprint density at radius 3 is 2.62 bits per heavy atom. The Balaban J connectivity index is 2.02. The van der Waals surface area contributed by atoms with Crippen LogP contribution in [0.4, 0.5) is 10.1 Å². The minimum atomic E-state index is -0.546. The summed E-state index contributed by atoms with van der Waals surface area (Å²) in [6.07, 6.45) is 0.219. The van der Waals surface area contributed by atoms with Gasteiger partial charge in [-0.25, -0.2) is 4.39 Å². The van der Waals surface area contributed by atoms with Crippen molar-refractivity contribution in [3.63, 3.8) is 0 Å². The highest BCUT2D eigenvalue weighted by Gasteiger charge is 2.17. The second-order valence-electron chi connectivity index (χ2n) is 5.45. The molecule has 0 bridgehead atoms. The quantitative estimate of drug-likeness (QED) is 0.828. The maximum atomic E-state index is 13.5. The number of halogens is 1. The lowest BCUT2D eigenvalue weighted by Gasteiger charge is -2.18. The lowest BCUT2D eigenvalue weighted by atomic mass is 10.1. The number of anilines is 1. The van der Waals surface area contributed by atoms with E-state index in [0.717, 1.165) is 0 Å². The predicted molar refractivity (Wildman–Crippen MR) is 94.2 cm³/mol. The van der Waals surface area contributed by atoms with E-state index in [4.69, 9.17) is 10.00 Å². The van der Waals surface area contributed by atoms with Gasteiger partial charge < -0.3 is 15.0 Å². The Morgan fingerprint density at radius 2 is 1.88 bits per heavy atom. The molecule has 134 valence electrons. The molecule has 0 aliphatic heterocycles. The standard InChI is InChI=1S/C19H18FN3O3/c1-23(12-6-11-21)19(25)14-7-2-5-10-17(14)26-13-18(24)22-16-9-4-3-8-15(16)20/h2-5,7-10H,6,12-13H2,1H3,(H,22,24). The van der Waals surface area contributed by atoms with E-state index >= 15 is 0 Å². The second-order valence-corrected chi connectivity index (χ2v) is 5.45. The minimum absolute atomic E-state index is 0.0571. The summed E-state index contributed by atoms with van der Waals surface area (Å²) in [5.74, 6) is -1.17. The molecule has 0 unspecified atom stereocenters. The monoisotopic (exact) mass is 355 g/mol. The largest absolute Gasteiger partial charge is 0.483 e. The highest BCUT2D eigenvalue weighted by molar-refractivity contribution is 5.97. The number of amides is 2. The number of nitriles is 1. The lowest BCUT2D eigenvalue weighted by molar-refractivity contribution is -0.118. The summed E-state index contributed by atoms with van der Waals surface area (Å²) >= 11 is 0. The van der Waals surface area contributed by atoms with Gasteiger partial charge in [-0.2, -0.15) is 5.26 Å². The van der Waals surface area contributed by atoms with Crippen LogP contribution in [0.2, 0.25) is 0 Å². The van der Waals surface area contributed by atoms with Gasteiger partial charge in [-0.05, 0) is 24.3 Å². The van der Waals surface area contributed by atoms with E-state index in [-0.39, 0.29) is 42.5 Å². The van der Waals surface area contributed by atoms with Gasteiger partial charge in [-0.3, -0.25) is 9.59 Å². The highest BCUT2D eigenvalue weighted by Crippen LogP contribution is 2.20. The van der Waals surface area contributed by atoms with Gasteiger partial charge in [-0.1, -0.05) is 24.3 Å². The maximum Gasteiger partial charge on any atom is 0.262 e. The first-order chi connectivity index (χ1) is 12.5. The minimum Gasteiger partial charge on any atom is -0.483 e. The first-order valence-electron chi connectivity index (χ1n) is 7.91. The van der Waals surface area contributed by atoms with E-state index in [1.807, 2.05) is 6.07 Å². The Bertz CT molecular complexity index is 833. The van der Waals surface area contributed by atoms with Crippen LogP contribution in [0.1, 0.15) is 16.8 Å². The van der Waals surface area contributed by atoms with Crippen LogP contribution in [-0.2, 0) is 4.79 Å². The van der Waals surface area contributed by atoms with E-state index < -0.39 is 11.7 Å². The van der Waals surface area contributed by atoms with Crippen LogP contribution in [0.15, 0.2) is 48.5 Å². The van der Waals surface area contributed by atoms with Crippen molar-refractivity contribution in [1.29, 1.82) is 5.26 Å². The van der Waals surface area contributed by atoms with Crippen LogP contribution in [-0.4, -0.2) is 36.9 Å². The van der Waals surface area contributed by atoms with Crippen LogP contribution in [0.25, 0.3) is 0 Å². The number of para-hydroxylation sites is 2. The molecule has 6 nitrogen and oxygen atoms in total. The van der Waals surface area contributed by atoms with Gasteiger partial charge in [0, 0.05) is 13.6 Å². The molecule has 0 aliphatic rings. The summed E-state index contributed by atoms with van der Waals surface area (Å²) in [5, 5.41) is 11.0. The van der Waals surface area contributed by atoms with Crippen LogP contribution >= 0.6 is 0 Å².